The fraction of sp³-hybridized carbons (Fsp3) is 0.571. The van der Waals surface area contributed by atoms with Gasteiger partial charge in [0, 0.05) is 24.3 Å². The summed E-state index contributed by atoms with van der Waals surface area (Å²) >= 11 is 0. The van der Waals surface area contributed by atoms with Crippen LogP contribution in [0.4, 0.5) is 18.9 Å². The van der Waals surface area contributed by atoms with Crippen molar-refractivity contribution in [3.8, 4) is 0 Å². The average Bonchev–Trinajstić information content (AvgIpc) is 2.39. The molecule has 1 saturated heterocycles. The van der Waals surface area contributed by atoms with Gasteiger partial charge in [0.2, 0.25) is 0 Å². The van der Waals surface area contributed by atoms with E-state index in [-0.39, 0.29) is 5.54 Å². The number of nitrogens with one attached hydrogen (secondary N) is 1. The van der Waals surface area contributed by atoms with Crippen molar-refractivity contribution < 1.29 is 13.2 Å². The van der Waals surface area contributed by atoms with E-state index in [1.165, 1.54) is 6.07 Å². The lowest BCUT2D eigenvalue weighted by Gasteiger charge is -2.41. The fourth-order valence-corrected chi connectivity index (χ4v) is 2.48. The second-order valence-corrected chi connectivity index (χ2v) is 5.31. The van der Waals surface area contributed by atoms with Crippen molar-refractivity contribution in [1.29, 1.82) is 0 Å². The predicted molar refractivity (Wildman–Crippen MR) is 70.4 cm³/mol. The number of piperidine rings is 1. The van der Waals surface area contributed by atoms with Crippen LogP contribution >= 0.6 is 0 Å². The number of anilines is 1. The van der Waals surface area contributed by atoms with Crippen LogP contribution in [-0.4, -0.2) is 25.7 Å². The highest BCUT2D eigenvalue weighted by molar-refractivity contribution is 5.55. The number of hydrogen-bond acceptors (Lipinski definition) is 2. The highest BCUT2D eigenvalue weighted by atomic mass is 19.4. The first-order valence-electron chi connectivity index (χ1n) is 6.46. The van der Waals surface area contributed by atoms with E-state index >= 15 is 0 Å². The molecule has 1 aliphatic heterocycles. The molecule has 0 bridgehead atoms. The first-order valence-corrected chi connectivity index (χ1v) is 6.46. The molecule has 1 heterocycles. The number of nitrogens with zero attached hydrogens (tertiary/aromatic N) is 1. The van der Waals surface area contributed by atoms with Crippen molar-refractivity contribution in [1.82, 2.24) is 5.32 Å². The fourth-order valence-electron chi connectivity index (χ4n) is 2.48. The van der Waals surface area contributed by atoms with Crippen LogP contribution in [0.25, 0.3) is 0 Å². The summed E-state index contributed by atoms with van der Waals surface area (Å²) in [5, 5.41) is 3.25. The molecule has 19 heavy (non-hydrogen) atoms. The summed E-state index contributed by atoms with van der Waals surface area (Å²) in [6.45, 7) is 3.40. The summed E-state index contributed by atoms with van der Waals surface area (Å²) in [4.78, 5) is 1.84. The Bertz CT molecular complexity index is 435. The Hall–Kier alpha value is -1.23. The number of rotatable bonds is 2. The van der Waals surface area contributed by atoms with Gasteiger partial charge in [-0.2, -0.15) is 13.2 Å². The van der Waals surface area contributed by atoms with Gasteiger partial charge in [-0.25, -0.2) is 0 Å². The molecule has 106 valence electrons. The molecule has 0 radical (unpaired) electrons. The van der Waals surface area contributed by atoms with E-state index in [1.807, 2.05) is 11.9 Å². The lowest BCUT2D eigenvalue weighted by atomic mass is 9.89. The molecule has 0 unspecified atom stereocenters. The van der Waals surface area contributed by atoms with E-state index in [1.54, 1.807) is 12.1 Å². The van der Waals surface area contributed by atoms with Gasteiger partial charge in [-0.3, -0.25) is 0 Å². The van der Waals surface area contributed by atoms with Crippen LogP contribution in [0.2, 0.25) is 0 Å². The summed E-state index contributed by atoms with van der Waals surface area (Å²) in [7, 11) is 1.90. The minimum Gasteiger partial charge on any atom is -0.371 e. The van der Waals surface area contributed by atoms with Crippen molar-refractivity contribution in [3.63, 3.8) is 0 Å². The number of halogens is 3. The Morgan fingerprint density at radius 1 is 1.16 bits per heavy atom. The number of benzene rings is 1. The Kier molecular flexibility index (Phi) is 3.76. The summed E-state index contributed by atoms with van der Waals surface area (Å²) in [6, 6.07) is 5.82. The van der Waals surface area contributed by atoms with Crippen molar-refractivity contribution in [2.24, 2.45) is 0 Å². The van der Waals surface area contributed by atoms with E-state index in [2.05, 4.69) is 12.2 Å². The maximum absolute atomic E-state index is 13.0. The van der Waals surface area contributed by atoms with Crippen LogP contribution in [0.3, 0.4) is 0 Å². The third-order valence-electron chi connectivity index (χ3n) is 4.02. The Morgan fingerprint density at radius 2 is 1.74 bits per heavy atom. The normalized spacial score (nSPS) is 19.5. The van der Waals surface area contributed by atoms with Crippen molar-refractivity contribution in [2.75, 3.05) is 25.0 Å². The number of alkyl halides is 3. The zero-order valence-electron chi connectivity index (χ0n) is 11.2. The lowest BCUT2D eigenvalue weighted by Crippen LogP contribution is -2.50. The molecule has 0 spiro atoms. The van der Waals surface area contributed by atoms with Gasteiger partial charge in [0.15, 0.2) is 0 Å². The number of para-hydroxylation sites is 1. The molecule has 1 aliphatic rings. The summed E-state index contributed by atoms with van der Waals surface area (Å²) in [6.07, 6.45) is -2.61. The average molecular weight is 272 g/mol. The van der Waals surface area contributed by atoms with Gasteiger partial charge in [0.1, 0.15) is 0 Å². The van der Waals surface area contributed by atoms with Crippen LogP contribution in [-0.2, 0) is 6.18 Å². The standard InChI is InChI=1S/C14H19F3N2/c1-13(18-2)7-9-19(10-8-13)12-6-4-3-5-11(12)14(15,16)17/h3-6,18H,7-10H2,1-2H3. The summed E-state index contributed by atoms with van der Waals surface area (Å²) in [5.74, 6) is 0. The molecule has 0 atom stereocenters. The van der Waals surface area contributed by atoms with Crippen LogP contribution in [0, 0.1) is 0 Å². The largest absolute Gasteiger partial charge is 0.418 e. The first-order chi connectivity index (χ1) is 8.86. The third kappa shape index (κ3) is 3.03. The molecule has 5 heteroatoms. The Balaban J connectivity index is 2.21. The molecule has 0 saturated carbocycles. The van der Waals surface area contributed by atoms with Crippen LogP contribution < -0.4 is 10.2 Å². The SMILES string of the molecule is CNC1(C)CCN(c2ccccc2C(F)(F)F)CC1. The molecule has 1 N–H and O–H groups in total. The van der Waals surface area contributed by atoms with Crippen molar-refractivity contribution in [2.45, 2.75) is 31.5 Å². The van der Waals surface area contributed by atoms with Gasteiger partial charge in [-0.15, -0.1) is 0 Å². The quantitative estimate of drug-likeness (QED) is 0.888. The molecule has 2 rings (SSSR count). The molecule has 1 aromatic carbocycles. The highest BCUT2D eigenvalue weighted by Crippen LogP contribution is 2.37. The maximum atomic E-state index is 13.0. The summed E-state index contributed by atoms with van der Waals surface area (Å²) < 4.78 is 38.9. The zero-order chi connectivity index (χ0) is 14.1. The first kappa shape index (κ1) is 14.2. The van der Waals surface area contributed by atoms with Crippen LogP contribution in [0.15, 0.2) is 24.3 Å². The molecular weight excluding hydrogens is 253 g/mol. The molecule has 1 aromatic rings. The van der Waals surface area contributed by atoms with Gasteiger partial charge in [0.05, 0.1) is 5.56 Å². The second-order valence-electron chi connectivity index (χ2n) is 5.31. The molecule has 0 aromatic heterocycles. The molecule has 1 fully saturated rings. The zero-order valence-corrected chi connectivity index (χ0v) is 11.2. The molecule has 0 amide bonds. The number of hydrogen-bond donors (Lipinski definition) is 1. The lowest BCUT2D eigenvalue weighted by molar-refractivity contribution is -0.137. The van der Waals surface area contributed by atoms with E-state index < -0.39 is 11.7 Å². The van der Waals surface area contributed by atoms with E-state index in [9.17, 15) is 13.2 Å². The van der Waals surface area contributed by atoms with Gasteiger partial charge >= 0.3 is 6.18 Å². The minimum atomic E-state index is -4.29. The monoisotopic (exact) mass is 272 g/mol. The maximum Gasteiger partial charge on any atom is 0.418 e. The molecular formula is C14H19F3N2. The molecule has 2 nitrogen and oxygen atoms in total. The Morgan fingerprint density at radius 3 is 2.26 bits per heavy atom. The second kappa shape index (κ2) is 5.04. The summed E-state index contributed by atoms with van der Waals surface area (Å²) in [5.41, 5.74) is -0.208. The van der Waals surface area contributed by atoms with E-state index in [4.69, 9.17) is 0 Å². The third-order valence-corrected chi connectivity index (χ3v) is 4.02. The van der Waals surface area contributed by atoms with Crippen molar-refractivity contribution in [3.05, 3.63) is 29.8 Å². The van der Waals surface area contributed by atoms with Crippen LogP contribution in [0.1, 0.15) is 25.3 Å². The topological polar surface area (TPSA) is 15.3 Å². The Labute approximate surface area is 111 Å². The van der Waals surface area contributed by atoms with Crippen LogP contribution in [0.5, 0.6) is 0 Å². The van der Waals surface area contributed by atoms with Gasteiger partial charge in [0.25, 0.3) is 0 Å². The van der Waals surface area contributed by atoms with E-state index in [0.29, 0.717) is 18.8 Å². The van der Waals surface area contributed by atoms with Crippen molar-refractivity contribution >= 4 is 5.69 Å². The van der Waals surface area contributed by atoms with E-state index in [0.717, 1.165) is 18.9 Å². The minimum absolute atomic E-state index is 0.0314. The highest BCUT2D eigenvalue weighted by Gasteiger charge is 2.36. The van der Waals surface area contributed by atoms with Gasteiger partial charge in [-0.05, 0) is 38.9 Å². The molecule has 0 aliphatic carbocycles. The van der Waals surface area contributed by atoms with Gasteiger partial charge in [-0.1, -0.05) is 12.1 Å². The predicted octanol–water partition coefficient (Wildman–Crippen LogP) is 3.28. The van der Waals surface area contributed by atoms with Gasteiger partial charge < -0.3 is 10.2 Å². The smallest absolute Gasteiger partial charge is 0.371 e.